The average Bonchev–Trinajstić information content (AvgIpc) is 3.33. The Morgan fingerprint density at radius 3 is 2.27 bits per heavy atom. The van der Waals surface area contributed by atoms with Crippen molar-refractivity contribution < 1.29 is 4.74 Å². The molecule has 3 aromatic rings. The first kappa shape index (κ1) is 22.2. The molecule has 0 radical (unpaired) electrons. The molecule has 0 saturated carbocycles. The molecular formula is C20H29ClN8O. The summed E-state index contributed by atoms with van der Waals surface area (Å²) >= 11 is 6.05. The SMILES string of the molecule is CN(C)C(C)(C)c1nnnn1[C@@H]([C@H](Oc1ccc(Cl)cc1)n1cncn1)C(C)(C)C. The van der Waals surface area contributed by atoms with Crippen molar-refractivity contribution in [3.8, 4) is 5.75 Å². The summed E-state index contributed by atoms with van der Waals surface area (Å²) in [5.41, 5.74) is -0.685. The molecule has 0 saturated heterocycles. The van der Waals surface area contributed by atoms with Crippen molar-refractivity contribution in [3.63, 3.8) is 0 Å². The largest absolute Gasteiger partial charge is 0.466 e. The molecular weight excluding hydrogens is 404 g/mol. The van der Waals surface area contributed by atoms with Gasteiger partial charge in [-0.25, -0.2) is 14.3 Å². The maximum absolute atomic E-state index is 6.43. The highest BCUT2D eigenvalue weighted by atomic mass is 35.5. The summed E-state index contributed by atoms with van der Waals surface area (Å²) in [5, 5.41) is 17.8. The van der Waals surface area contributed by atoms with E-state index in [1.165, 1.54) is 6.33 Å². The predicted octanol–water partition coefficient (Wildman–Crippen LogP) is 3.58. The van der Waals surface area contributed by atoms with Crippen LogP contribution in [0.1, 0.15) is 52.7 Å². The number of benzene rings is 1. The number of ether oxygens (including phenoxy) is 1. The summed E-state index contributed by atoms with van der Waals surface area (Å²) in [6.45, 7) is 10.5. The van der Waals surface area contributed by atoms with E-state index in [1.807, 2.05) is 30.9 Å². The molecule has 2 atom stereocenters. The van der Waals surface area contributed by atoms with Crippen LogP contribution >= 0.6 is 11.6 Å². The third kappa shape index (κ3) is 4.46. The Balaban J connectivity index is 2.13. The maximum atomic E-state index is 6.43. The number of halogens is 1. The molecule has 2 heterocycles. The fourth-order valence-corrected chi connectivity index (χ4v) is 3.29. The van der Waals surface area contributed by atoms with E-state index in [0.717, 1.165) is 5.82 Å². The minimum atomic E-state index is -0.547. The fraction of sp³-hybridized carbons (Fsp3) is 0.550. The van der Waals surface area contributed by atoms with Crippen molar-refractivity contribution in [2.75, 3.05) is 14.1 Å². The standard InChI is InChI=1S/C20H29ClN8O/c1-19(2,3)16(29-18(24-25-26-29)20(4,5)27(6)7)17(28-13-22-12-23-28)30-15-10-8-14(21)9-11-15/h8-13,16-17H,1-7H3/t16-,17-/m0/s1. The Kier molecular flexibility index (Phi) is 6.14. The van der Waals surface area contributed by atoms with E-state index in [0.29, 0.717) is 10.8 Å². The molecule has 162 valence electrons. The minimum Gasteiger partial charge on any atom is -0.466 e. The molecule has 3 rings (SSSR count). The zero-order valence-electron chi connectivity index (χ0n) is 18.5. The van der Waals surface area contributed by atoms with E-state index >= 15 is 0 Å². The van der Waals surface area contributed by atoms with E-state index in [1.54, 1.807) is 23.1 Å². The smallest absolute Gasteiger partial charge is 0.215 e. The Bertz CT molecular complexity index is 944. The van der Waals surface area contributed by atoms with Crippen molar-refractivity contribution in [1.82, 2.24) is 39.9 Å². The van der Waals surface area contributed by atoms with E-state index in [4.69, 9.17) is 16.3 Å². The molecule has 2 aromatic heterocycles. The first-order valence-electron chi connectivity index (χ1n) is 9.74. The van der Waals surface area contributed by atoms with Crippen LogP contribution in [-0.2, 0) is 5.54 Å². The van der Waals surface area contributed by atoms with E-state index in [2.05, 4.69) is 65.1 Å². The number of tetrazole rings is 1. The van der Waals surface area contributed by atoms with Gasteiger partial charge in [0.2, 0.25) is 6.23 Å². The lowest BCUT2D eigenvalue weighted by molar-refractivity contribution is -0.00445. The zero-order valence-corrected chi connectivity index (χ0v) is 19.2. The van der Waals surface area contributed by atoms with Crippen molar-refractivity contribution in [2.45, 2.75) is 52.4 Å². The summed E-state index contributed by atoms with van der Waals surface area (Å²) in [4.78, 5) is 6.21. The predicted molar refractivity (Wildman–Crippen MR) is 114 cm³/mol. The topological polar surface area (TPSA) is 86.8 Å². The quantitative estimate of drug-likeness (QED) is 0.563. The van der Waals surface area contributed by atoms with Crippen molar-refractivity contribution in [1.29, 1.82) is 0 Å². The summed E-state index contributed by atoms with van der Waals surface area (Å²) in [6.07, 6.45) is 2.58. The Morgan fingerprint density at radius 2 is 1.73 bits per heavy atom. The second kappa shape index (κ2) is 8.31. The number of nitrogens with zero attached hydrogens (tertiary/aromatic N) is 8. The van der Waals surface area contributed by atoms with Crippen LogP contribution in [0.3, 0.4) is 0 Å². The summed E-state index contributed by atoms with van der Waals surface area (Å²) in [5.74, 6) is 1.40. The lowest BCUT2D eigenvalue weighted by atomic mass is 9.85. The molecule has 9 nitrogen and oxygen atoms in total. The van der Waals surface area contributed by atoms with Gasteiger partial charge in [-0.1, -0.05) is 32.4 Å². The minimum absolute atomic E-state index is 0.282. The second-order valence-corrected chi connectivity index (χ2v) is 9.49. The van der Waals surface area contributed by atoms with Crippen LogP contribution in [0.25, 0.3) is 0 Å². The molecule has 0 amide bonds. The van der Waals surface area contributed by atoms with Gasteiger partial charge in [-0.2, -0.15) is 5.10 Å². The van der Waals surface area contributed by atoms with Crippen molar-refractivity contribution in [3.05, 3.63) is 47.8 Å². The van der Waals surface area contributed by atoms with Gasteiger partial charge in [-0.05, 0) is 68.1 Å². The van der Waals surface area contributed by atoms with Crippen LogP contribution in [0.15, 0.2) is 36.9 Å². The highest BCUT2D eigenvalue weighted by molar-refractivity contribution is 6.30. The molecule has 0 aliphatic carbocycles. The van der Waals surface area contributed by atoms with E-state index in [-0.39, 0.29) is 11.5 Å². The highest BCUT2D eigenvalue weighted by Gasteiger charge is 2.42. The Hall–Kier alpha value is -2.52. The number of rotatable bonds is 7. The van der Waals surface area contributed by atoms with Crippen LogP contribution in [0.2, 0.25) is 5.02 Å². The van der Waals surface area contributed by atoms with Crippen molar-refractivity contribution in [2.24, 2.45) is 5.41 Å². The van der Waals surface area contributed by atoms with E-state index < -0.39 is 11.8 Å². The Morgan fingerprint density at radius 1 is 1.07 bits per heavy atom. The van der Waals surface area contributed by atoms with Gasteiger partial charge in [0.1, 0.15) is 24.4 Å². The highest BCUT2D eigenvalue weighted by Crippen LogP contribution is 2.41. The third-order valence-electron chi connectivity index (χ3n) is 5.35. The van der Waals surface area contributed by atoms with Crippen LogP contribution in [-0.4, -0.2) is 54.0 Å². The normalized spacial score (nSPS) is 14.7. The van der Waals surface area contributed by atoms with Gasteiger partial charge in [0.25, 0.3) is 0 Å². The molecule has 1 aromatic carbocycles. The fourth-order valence-electron chi connectivity index (χ4n) is 3.16. The van der Waals surface area contributed by atoms with Gasteiger partial charge in [-0.15, -0.1) is 5.10 Å². The Labute approximate surface area is 182 Å². The molecule has 0 unspecified atom stereocenters. The molecule has 0 fully saturated rings. The molecule has 0 spiro atoms. The number of hydrogen-bond acceptors (Lipinski definition) is 7. The van der Waals surface area contributed by atoms with Crippen LogP contribution in [0.4, 0.5) is 0 Å². The summed E-state index contributed by atoms with van der Waals surface area (Å²) in [6, 6.07) is 6.95. The van der Waals surface area contributed by atoms with Crippen LogP contribution in [0, 0.1) is 5.41 Å². The summed E-state index contributed by atoms with van der Waals surface area (Å²) in [7, 11) is 4.01. The second-order valence-electron chi connectivity index (χ2n) is 9.05. The average molecular weight is 433 g/mol. The van der Waals surface area contributed by atoms with Gasteiger partial charge >= 0.3 is 0 Å². The van der Waals surface area contributed by atoms with Gasteiger partial charge in [-0.3, -0.25) is 4.90 Å². The summed E-state index contributed by atoms with van der Waals surface area (Å²) < 4.78 is 9.97. The molecule has 30 heavy (non-hydrogen) atoms. The van der Waals surface area contributed by atoms with Gasteiger partial charge in [0.15, 0.2) is 5.82 Å². The first-order chi connectivity index (χ1) is 14.0. The third-order valence-corrected chi connectivity index (χ3v) is 5.60. The van der Waals surface area contributed by atoms with Crippen molar-refractivity contribution >= 4 is 11.6 Å². The molecule has 0 aliphatic rings. The van der Waals surface area contributed by atoms with Gasteiger partial charge in [0.05, 0.1) is 5.54 Å². The maximum Gasteiger partial charge on any atom is 0.215 e. The molecule has 10 heteroatoms. The molecule has 0 N–H and O–H groups in total. The molecule has 0 aliphatic heterocycles. The molecule has 0 bridgehead atoms. The van der Waals surface area contributed by atoms with Crippen LogP contribution in [0.5, 0.6) is 5.75 Å². The van der Waals surface area contributed by atoms with E-state index in [9.17, 15) is 0 Å². The lowest BCUT2D eigenvalue weighted by Gasteiger charge is -2.39. The zero-order chi connectivity index (χ0) is 22.1. The van der Waals surface area contributed by atoms with Gasteiger partial charge in [0, 0.05) is 5.02 Å². The van der Waals surface area contributed by atoms with Gasteiger partial charge < -0.3 is 4.74 Å². The monoisotopic (exact) mass is 432 g/mol. The van der Waals surface area contributed by atoms with Crippen LogP contribution < -0.4 is 4.74 Å². The number of aromatic nitrogens is 7. The number of hydrogen-bond donors (Lipinski definition) is 0. The first-order valence-corrected chi connectivity index (χ1v) is 10.1. The lowest BCUT2D eigenvalue weighted by Crippen LogP contribution is -2.43.